The fourth-order valence-electron chi connectivity index (χ4n) is 3.05. The van der Waals surface area contributed by atoms with Crippen LogP contribution in [-0.4, -0.2) is 39.7 Å². The second-order valence-electron chi connectivity index (χ2n) is 7.15. The number of aromatic nitrogens is 4. The quantitative estimate of drug-likeness (QED) is 0.280. The molecular formula is C23H22N4O3S2. The highest BCUT2D eigenvalue weighted by atomic mass is 32.2. The van der Waals surface area contributed by atoms with Crippen molar-refractivity contribution in [2.45, 2.75) is 19.0 Å². The van der Waals surface area contributed by atoms with Crippen LogP contribution in [-0.2, 0) is 10.1 Å². The van der Waals surface area contributed by atoms with Gasteiger partial charge in [0.1, 0.15) is 5.75 Å². The first kappa shape index (κ1) is 22.0. The molecule has 9 heteroatoms. The van der Waals surface area contributed by atoms with Crippen molar-refractivity contribution in [1.29, 1.82) is 0 Å². The molecule has 0 fully saturated rings. The molecule has 7 nitrogen and oxygen atoms in total. The minimum absolute atomic E-state index is 0.156. The lowest BCUT2D eigenvalue weighted by molar-refractivity contribution is 0.488. The minimum Gasteiger partial charge on any atom is -0.382 e. The largest absolute Gasteiger partial charge is 0.382 e. The Bertz CT molecular complexity index is 1310. The molecule has 2 aromatic carbocycles. The van der Waals surface area contributed by atoms with Gasteiger partial charge in [-0.3, -0.25) is 9.55 Å². The summed E-state index contributed by atoms with van der Waals surface area (Å²) in [5.74, 6) is 1.09. The van der Waals surface area contributed by atoms with Crippen LogP contribution in [0.15, 0.2) is 78.2 Å². The molecule has 2 aromatic heterocycles. The Kier molecular flexibility index (Phi) is 6.57. The SMILES string of the molecule is Cc1ccc(-n2c(SCCS(=O)(=O)Oc3ccccc3)nnc2-c2ccncc2)cc1C. The lowest BCUT2D eigenvalue weighted by Crippen LogP contribution is -2.15. The summed E-state index contributed by atoms with van der Waals surface area (Å²) in [6, 6.07) is 18.4. The van der Waals surface area contributed by atoms with E-state index in [9.17, 15) is 8.42 Å². The smallest absolute Gasteiger partial charge is 0.310 e. The summed E-state index contributed by atoms with van der Waals surface area (Å²) < 4.78 is 31.8. The summed E-state index contributed by atoms with van der Waals surface area (Å²) in [4.78, 5) is 4.07. The summed E-state index contributed by atoms with van der Waals surface area (Å²) >= 11 is 1.32. The maximum absolute atomic E-state index is 12.4. The van der Waals surface area contributed by atoms with Gasteiger partial charge in [-0.15, -0.1) is 10.2 Å². The predicted octanol–water partition coefficient (Wildman–Crippen LogP) is 4.45. The van der Waals surface area contributed by atoms with Crippen LogP contribution >= 0.6 is 11.8 Å². The van der Waals surface area contributed by atoms with Crippen LogP contribution in [0.3, 0.4) is 0 Å². The topological polar surface area (TPSA) is 87.0 Å². The van der Waals surface area contributed by atoms with Gasteiger partial charge < -0.3 is 4.18 Å². The summed E-state index contributed by atoms with van der Waals surface area (Å²) in [6.45, 7) is 4.11. The molecule has 0 aliphatic rings. The number of nitrogens with zero attached hydrogens (tertiary/aromatic N) is 4. The molecule has 0 spiro atoms. The first-order chi connectivity index (χ1) is 15.4. The van der Waals surface area contributed by atoms with E-state index >= 15 is 0 Å². The number of benzene rings is 2. The molecule has 0 unspecified atom stereocenters. The molecule has 32 heavy (non-hydrogen) atoms. The Labute approximate surface area is 191 Å². The van der Waals surface area contributed by atoms with Crippen molar-refractivity contribution in [2.75, 3.05) is 11.5 Å². The van der Waals surface area contributed by atoms with Crippen molar-refractivity contribution >= 4 is 21.9 Å². The van der Waals surface area contributed by atoms with E-state index in [0.29, 0.717) is 16.7 Å². The Morgan fingerprint density at radius 1 is 0.938 bits per heavy atom. The fourth-order valence-corrected chi connectivity index (χ4v) is 5.29. The highest BCUT2D eigenvalue weighted by Gasteiger charge is 2.19. The molecule has 164 valence electrons. The van der Waals surface area contributed by atoms with E-state index in [4.69, 9.17) is 4.18 Å². The van der Waals surface area contributed by atoms with Gasteiger partial charge in [0.25, 0.3) is 0 Å². The number of para-hydroxylation sites is 1. The summed E-state index contributed by atoms with van der Waals surface area (Å²) in [5.41, 5.74) is 4.12. The standard InChI is InChI=1S/C23H22N4O3S2/c1-17-8-9-20(16-18(17)2)27-22(19-10-12-24-13-11-19)25-26-23(27)31-14-15-32(28,29)30-21-6-4-3-5-7-21/h3-13,16H,14-15H2,1-2H3. The lowest BCUT2D eigenvalue weighted by Gasteiger charge is -2.12. The number of thioether (sulfide) groups is 1. The number of pyridine rings is 1. The average Bonchev–Trinajstić information content (AvgIpc) is 3.20. The molecule has 0 N–H and O–H groups in total. The van der Waals surface area contributed by atoms with Gasteiger partial charge in [0.2, 0.25) is 0 Å². The number of aryl methyl sites for hydroxylation is 2. The maximum atomic E-state index is 12.4. The van der Waals surface area contributed by atoms with Crippen LogP contribution < -0.4 is 4.18 Å². The molecule has 2 heterocycles. The van der Waals surface area contributed by atoms with E-state index < -0.39 is 10.1 Å². The monoisotopic (exact) mass is 466 g/mol. The van der Waals surface area contributed by atoms with E-state index in [-0.39, 0.29) is 11.5 Å². The molecule has 0 atom stereocenters. The van der Waals surface area contributed by atoms with Gasteiger partial charge in [-0.05, 0) is 61.4 Å². The van der Waals surface area contributed by atoms with Crippen LogP contribution in [0, 0.1) is 13.8 Å². The van der Waals surface area contributed by atoms with E-state index in [1.165, 1.54) is 17.3 Å². The number of hydrogen-bond acceptors (Lipinski definition) is 7. The zero-order valence-corrected chi connectivity index (χ0v) is 19.3. The van der Waals surface area contributed by atoms with E-state index in [1.807, 2.05) is 28.8 Å². The zero-order valence-electron chi connectivity index (χ0n) is 17.7. The van der Waals surface area contributed by atoms with Crippen molar-refractivity contribution in [3.8, 4) is 22.8 Å². The third-order valence-corrected chi connectivity index (χ3v) is 7.19. The Morgan fingerprint density at radius 2 is 1.69 bits per heavy atom. The first-order valence-electron chi connectivity index (χ1n) is 9.96. The maximum Gasteiger partial charge on any atom is 0.310 e. The molecule has 4 rings (SSSR count). The molecule has 0 radical (unpaired) electrons. The van der Waals surface area contributed by atoms with Gasteiger partial charge in [-0.25, -0.2) is 0 Å². The number of hydrogen-bond donors (Lipinski definition) is 0. The third-order valence-electron chi connectivity index (χ3n) is 4.85. The van der Waals surface area contributed by atoms with Gasteiger partial charge in [0, 0.05) is 23.7 Å². The number of rotatable bonds is 8. The van der Waals surface area contributed by atoms with Crippen LogP contribution in [0.25, 0.3) is 17.1 Å². The first-order valence-corrected chi connectivity index (χ1v) is 12.5. The molecule has 0 aliphatic carbocycles. The van der Waals surface area contributed by atoms with E-state index in [0.717, 1.165) is 16.8 Å². The van der Waals surface area contributed by atoms with Crippen LogP contribution in [0.1, 0.15) is 11.1 Å². The van der Waals surface area contributed by atoms with Crippen molar-refractivity contribution < 1.29 is 12.6 Å². The third kappa shape index (κ3) is 5.17. The second-order valence-corrected chi connectivity index (χ2v) is 9.91. The van der Waals surface area contributed by atoms with Crippen LogP contribution in [0.2, 0.25) is 0 Å². The Hall–Kier alpha value is -3.17. The van der Waals surface area contributed by atoms with Crippen molar-refractivity contribution in [3.05, 3.63) is 84.2 Å². The molecule has 0 aliphatic heterocycles. The van der Waals surface area contributed by atoms with E-state index in [2.05, 4.69) is 35.1 Å². The van der Waals surface area contributed by atoms with Crippen molar-refractivity contribution in [2.24, 2.45) is 0 Å². The van der Waals surface area contributed by atoms with Gasteiger partial charge in [0.05, 0.1) is 11.4 Å². The molecule has 0 saturated carbocycles. The predicted molar refractivity (Wildman–Crippen MR) is 126 cm³/mol. The highest BCUT2D eigenvalue weighted by molar-refractivity contribution is 8.00. The fraction of sp³-hybridized carbons (Fsp3) is 0.174. The normalized spacial score (nSPS) is 11.4. The molecule has 0 amide bonds. The molecule has 0 saturated heterocycles. The molecular weight excluding hydrogens is 444 g/mol. The summed E-state index contributed by atoms with van der Waals surface area (Å²) in [6.07, 6.45) is 3.41. The molecule has 4 aromatic rings. The van der Waals surface area contributed by atoms with Crippen molar-refractivity contribution in [1.82, 2.24) is 19.7 Å². The zero-order chi connectivity index (χ0) is 22.6. The molecule has 0 bridgehead atoms. The van der Waals surface area contributed by atoms with Crippen LogP contribution in [0.5, 0.6) is 5.75 Å². The summed E-state index contributed by atoms with van der Waals surface area (Å²) in [7, 11) is -3.73. The Balaban J connectivity index is 1.58. The summed E-state index contributed by atoms with van der Waals surface area (Å²) in [5, 5.41) is 9.33. The van der Waals surface area contributed by atoms with Gasteiger partial charge in [-0.2, -0.15) is 8.42 Å². The highest BCUT2D eigenvalue weighted by Crippen LogP contribution is 2.29. The average molecular weight is 467 g/mol. The van der Waals surface area contributed by atoms with Gasteiger partial charge >= 0.3 is 10.1 Å². The second kappa shape index (κ2) is 9.54. The van der Waals surface area contributed by atoms with Crippen LogP contribution in [0.4, 0.5) is 0 Å². The van der Waals surface area contributed by atoms with E-state index in [1.54, 1.807) is 42.7 Å². The van der Waals surface area contributed by atoms with Gasteiger partial charge in [-0.1, -0.05) is 36.0 Å². The Morgan fingerprint density at radius 3 is 2.41 bits per heavy atom. The van der Waals surface area contributed by atoms with Crippen molar-refractivity contribution in [3.63, 3.8) is 0 Å². The lowest BCUT2D eigenvalue weighted by atomic mass is 10.1. The van der Waals surface area contributed by atoms with Gasteiger partial charge in [0.15, 0.2) is 11.0 Å². The minimum atomic E-state index is -3.73.